The van der Waals surface area contributed by atoms with E-state index in [4.69, 9.17) is 4.74 Å². The average molecular weight is 396 g/mol. The zero-order valence-corrected chi connectivity index (χ0v) is 19.3. The Labute approximate surface area is 177 Å². The topological polar surface area (TPSA) is 29.5 Å². The molecule has 158 valence electrons. The van der Waals surface area contributed by atoms with Gasteiger partial charge in [-0.05, 0) is 73.9 Å². The number of hydrogen-bond donors (Lipinski definition) is 0. The van der Waals surface area contributed by atoms with E-state index in [2.05, 4.69) is 64.1 Å². The quantitative estimate of drug-likeness (QED) is 0.502. The third kappa shape index (κ3) is 5.62. The van der Waals surface area contributed by atoms with Gasteiger partial charge in [0, 0.05) is 12.1 Å². The Morgan fingerprint density at radius 3 is 1.69 bits per heavy atom. The molecule has 0 aliphatic rings. The normalized spacial score (nSPS) is 11.6. The highest BCUT2D eigenvalue weighted by atomic mass is 16.5. The molecular weight excluding hydrogens is 358 g/mol. The number of rotatable bonds is 8. The standard InChI is InChI=1S/C26H37NO2/c1-17(2)23-14-22(21-12-10-9-11-13-21)15-24(18(3)4)26(23)29-16-25(28)27(19(5)6)20(7)8/h9-15,17-20H,16H2,1-8H3. The van der Waals surface area contributed by atoms with Crippen LogP contribution in [0.25, 0.3) is 11.1 Å². The van der Waals surface area contributed by atoms with Gasteiger partial charge in [0.05, 0.1) is 0 Å². The molecule has 3 heteroatoms. The number of amides is 1. The fourth-order valence-corrected chi connectivity index (χ4v) is 3.88. The van der Waals surface area contributed by atoms with Crippen molar-refractivity contribution in [3.05, 3.63) is 53.6 Å². The first-order valence-corrected chi connectivity index (χ1v) is 10.8. The van der Waals surface area contributed by atoms with Crippen LogP contribution >= 0.6 is 0 Å². The van der Waals surface area contributed by atoms with E-state index in [0.717, 1.165) is 16.9 Å². The molecule has 0 aliphatic heterocycles. The number of carbonyl (C=O) groups excluding carboxylic acids is 1. The van der Waals surface area contributed by atoms with Gasteiger partial charge in [-0.2, -0.15) is 0 Å². The Morgan fingerprint density at radius 1 is 0.793 bits per heavy atom. The van der Waals surface area contributed by atoms with E-state index in [1.54, 1.807) is 0 Å². The molecule has 2 rings (SSSR count). The van der Waals surface area contributed by atoms with Gasteiger partial charge in [-0.3, -0.25) is 4.79 Å². The predicted molar refractivity (Wildman–Crippen MR) is 123 cm³/mol. The van der Waals surface area contributed by atoms with Crippen LogP contribution in [0.3, 0.4) is 0 Å². The summed E-state index contributed by atoms with van der Waals surface area (Å²) in [5, 5.41) is 0. The van der Waals surface area contributed by atoms with E-state index in [0.29, 0.717) is 11.8 Å². The molecule has 0 spiro atoms. The van der Waals surface area contributed by atoms with Crippen molar-refractivity contribution in [2.45, 2.75) is 79.3 Å². The molecule has 0 saturated heterocycles. The molecule has 1 amide bonds. The summed E-state index contributed by atoms with van der Waals surface area (Å²) in [6.07, 6.45) is 0. The number of benzene rings is 2. The van der Waals surface area contributed by atoms with E-state index in [9.17, 15) is 4.79 Å². The molecule has 0 saturated carbocycles. The molecule has 0 N–H and O–H groups in total. The second-order valence-electron chi connectivity index (χ2n) is 8.94. The summed E-state index contributed by atoms with van der Waals surface area (Å²) < 4.78 is 6.23. The van der Waals surface area contributed by atoms with Gasteiger partial charge in [-0.1, -0.05) is 58.0 Å². The summed E-state index contributed by atoms with van der Waals surface area (Å²) in [6.45, 7) is 17.0. The van der Waals surface area contributed by atoms with Gasteiger partial charge in [-0.25, -0.2) is 0 Å². The first-order valence-electron chi connectivity index (χ1n) is 10.8. The van der Waals surface area contributed by atoms with Gasteiger partial charge in [-0.15, -0.1) is 0 Å². The molecule has 0 radical (unpaired) electrons. The Bertz CT molecular complexity index is 770. The maximum atomic E-state index is 12.9. The van der Waals surface area contributed by atoms with E-state index in [-0.39, 0.29) is 24.6 Å². The van der Waals surface area contributed by atoms with Gasteiger partial charge in [0.25, 0.3) is 5.91 Å². The van der Waals surface area contributed by atoms with E-state index in [1.807, 2.05) is 38.7 Å². The van der Waals surface area contributed by atoms with Crippen molar-refractivity contribution in [1.82, 2.24) is 4.90 Å². The maximum absolute atomic E-state index is 12.9. The summed E-state index contributed by atoms with van der Waals surface area (Å²) in [6, 6.07) is 15.2. The minimum Gasteiger partial charge on any atom is -0.483 e. The lowest BCUT2D eigenvalue weighted by Crippen LogP contribution is -2.44. The van der Waals surface area contributed by atoms with Crippen LogP contribution in [0.5, 0.6) is 5.75 Å². The van der Waals surface area contributed by atoms with Crippen molar-refractivity contribution in [2.75, 3.05) is 6.61 Å². The molecule has 0 fully saturated rings. The van der Waals surface area contributed by atoms with Crippen molar-refractivity contribution >= 4 is 5.91 Å². The first-order chi connectivity index (χ1) is 13.6. The van der Waals surface area contributed by atoms with Crippen LogP contribution in [0.15, 0.2) is 42.5 Å². The lowest BCUT2D eigenvalue weighted by Gasteiger charge is -2.31. The zero-order valence-electron chi connectivity index (χ0n) is 19.3. The van der Waals surface area contributed by atoms with E-state index in [1.165, 1.54) is 11.1 Å². The molecule has 0 aliphatic carbocycles. The summed E-state index contributed by atoms with van der Waals surface area (Å²) >= 11 is 0. The number of ether oxygens (including phenoxy) is 1. The second kappa shape index (κ2) is 9.96. The molecule has 2 aromatic carbocycles. The van der Waals surface area contributed by atoms with Crippen LogP contribution in [0, 0.1) is 0 Å². The molecule has 0 unspecified atom stereocenters. The number of hydrogen-bond acceptors (Lipinski definition) is 2. The van der Waals surface area contributed by atoms with Crippen LogP contribution in [-0.4, -0.2) is 29.5 Å². The Kier molecular flexibility index (Phi) is 7.89. The van der Waals surface area contributed by atoms with Gasteiger partial charge in [0.1, 0.15) is 5.75 Å². The van der Waals surface area contributed by atoms with Gasteiger partial charge in [0.2, 0.25) is 0 Å². The van der Waals surface area contributed by atoms with Crippen molar-refractivity contribution in [3.63, 3.8) is 0 Å². The third-order valence-electron chi connectivity index (χ3n) is 5.24. The molecule has 0 heterocycles. The second-order valence-corrected chi connectivity index (χ2v) is 8.94. The Morgan fingerprint density at radius 2 is 1.28 bits per heavy atom. The number of carbonyl (C=O) groups is 1. The zero-order chi connectivity index (χ0) is 21.7. The van der Waals surface area contributed by atoms with Crippen molar-refractivity contribution < 1.29 is 9.53 Å². The minimum atomic E-state index is 0.0338. The van der Waals surface area contributed by atoms with Crippen LogP contribution in [-0.2, 0) is 4.79 Å². The fraction of sp³-hybridized carbons (Fsp3) is 0.500. The maximum Gasteiger partial charge on any atom is 0.260 e. The highest BCUT2D eigenvalue weighted by Gasteiger charge is 2.23. The highest BCUT2D eigenvalue weighted by Crippen LogP contribution is 2.38. The largest absolute Gasteiger partial charge is 0.483 e. The molecule has 0 atom stereocenters. The van der Waals surface area contributed by atoms with Crippen LogP contribution in [0.2, 0.25) is 0 Å². The minimum absolute atomic E-state index is 0.0338. The van der Waals surface area contributed by atoms with Crippen LogP contribution in [0.4, 0.5) is 0 Å². The summed E-state index contributed by atoms with van der Waals surface area (Å²) in [7, 11) is 0. The predicted octanol–water partition coefficient (Wildman–Crippen LogP) is 6.62. The van der Waals surface area contributed by atoms with Crippen LogP contribution < -0.4 is 4.74 Å². The molecular formula is C26H37NO2. The SMILES string of the molecule is CC(C)c1cc(-c2ccccc2)cc(C(C)C)c1OCC(=O)N(C(C)C)C(C)C. The molecule has 0 bridgehead atoms. The molecule has 2 aromatic rings. The smallest absolute Gasteiger partial charge is 0.260 e. The monoisotopic (exact) mass is 395 g/mol. The Hall–Kier alpha value is -2.29. The number of nitrogens with zero attached hydrogens (tertiary/aromatic N) is 1. The van der Waals surface area contributed by atoms with Crippen molar-refractivity contribution in [2.24, 2.45) is 0 Å². The molecule has 0 aromatic heterocycles. The van der Waals surface area contributed by atoms with Gasteiger partial charge < -0.3 is 9.64 Å². The van der Waals surface area contributed by atoms with Crippen LogP contribution in [0.1, 0.15) is 78.4 Å². The van der Waals surface area contributed by atoms with Gasteiger partial charge >= 0.3 is 0 Å². The molecule has 29 heavy (non-hydrogen) atoms. The van der Waals surface area contributed by atoms with E-state index >= 15 is 0 Å². The lowest BCUT2D eigenvalue weighted by atomic mass is 9.89. The summed E-state index contributed by atoms with van der Waals surface area (Å²) in [5.41, 5.74) is 4.71. The highest BCUT2D eigenvalue weighted by molar-refractivity contribution is 5.78. The lowest BCUT2D eigenvalue weighted by molar-refractivity contribution is -0.137. The average Bonchev–Trinajstić information content (AvgIpc) is 2.65. The molecule has 3 nitrogen and oxygen atoms in total. The summed E-state index contributed by atoms with van der Waals surface area (Å²) in [4.78, 5) is 14.7. The van der Waals surface area contributed by atoms with Crippen molar-refractivity contribution in [3.8, 4) is 16.9 Å². The first kappa shape index (κ1) is 23.0. The van der Waals surface area contributed by atoms with Crippen molar-refractivity contribution in [1.29, 1.82) is 0 Å². The van der Waals surface area contributed by atoms with E-state index < -0.39 is 0 Å². The fourth-order valence-electron chi connectivity index (χ4n) is 3.88. The third-order valence-corrected chi connectivity index (χ3v) is 5.24. The van der Waals surface area contributed by atoms with Gasteiger partial charge in [0.15, 0.2) is 6.61 Å². The summed E-state index contributed by atoms with van der Waals surface area (Å²) in [5.74, 6) is 1.50. The Balaban J connectivity index is 2.43.